The number of nitrogens with one attached hydrogen (secondary N) is 1. The lowest BCUT2D eigenvalue weighted by Gasteiger charge is -2.36. The van der Waals surface area contributed by atoms with Gasteiger partial charge in [-0.25, -0.2) is 0 Å². The van der Waals surface area contributed by atoms with Gasteiger partial charge in [0.2, 0.25) is 0 Å². The van der Waals surface area contributed by atoms with Crippen LogP contribution in [0, 0.1) is 17.8 Å². The van der Waals surface area contributed by atoms with Crippen molar-refractivity contribution in [2.24, 2.45) is 17.8 Å². The molecule has 0 radical (unpaired) electrons. The molecule has 3 atom stereocenters. The average Bonchev–Trinajstić information content (AvgIpc) is 2.77. The molecule has 2 saturated carbocycles. The number of hydrogen-bond acceptors (Lipinski definition) is 4. The van der Waals surface area contributed by atoms with Gasteiger partial charge in [0, 0.05) is 11.8 Å². The van der Waals surface area contributed by atoms with Crippen LogP contribution in [-0.4, -0.2) is 24.3 Å². The molecule has 5 heteroatoms. The summed E-state index contributed by atoms with van der Waals surface area (Å²) in [5, 5.41) is 2.98. The van der Waals surface area contributed by atoms with Gasteiger partial charge in [0.25, 0.3) is 5.91 Å². The molecule has 4 rings (SSSR count). The largest absolute Gasteiger partial charge is 0.455 e. The molecule has 2 aromatic carbocycles. The molecule has 2 fully saturated rings. The molecule has 2 aliphatic carbocycles. The summed E-state index contributed by atoms with van der Waals surface area (Å²) in [7, 11) is 0. The molecule has 5 nitrogen and oxygen atoms in total. The normalized spacial score (nSPS) is 23.1. The fourth-order valence-electron chi connectivity index (χ4n) is 4.78. The number of amides is 1. The number of carbonyl (C=O) groups is 3. The Bertz CT molecular complexity index is 840. The van der Waals surface area contributed by atoms with E-state index in [0.717, 1.165) is 30.4 Å². The molecular weight excluding hydrogens is 378 g/mol. The van der Waals surface area contributed by atoms with Gasteiger partial charge in [0.1, 0.15) is 5.78 Å². The van der Waals surface area contributed by atoms with E-state index in [2.05, 4.69) is 5.32 Å². The Kier molecular flexibility index (Phi) is 6.26. The monoisotopic (exact) mass is 405 g/mol. The maximum Gasteiger partial charge on any atom is 0.309 e. The SMILES string of the molecule is O=C(COC(=O)C1C[C@H]2CCC[C@@H](C1)C2=O)NC(c1ccccc1)c1ccccc1. The van der Waals surface area contributed by atoms with E-state index < -0.39 is 0 Å². The number of Topliss-reactive ketones (excluding diaryl/α,β-unsaturated/α-hetero) is 1. The molecule has 1 unspecified atom stereocenters. The summed E-state index contributed by atoms with van der Waals surface area (Å²) < 4.78 is 5.35. The van der Waals surface area contributed by atoms with Crippen molar-refractivity contribution in [2.45, 2.75) is 38.1 Å². The zero-order chi connectivity index (χ0) is 20.9. The second kappa shape index (κ2) is 9.24. The fourth-order valence-corrected chi connectivity index (χ4v) is 4.78. The summed E-state index contributed by atoms with van der Waals surface area (Å²) in [5.74, 6) is -0.672. The molecule has 1 N–H and O–H groups in total. The third-order valence-electron chi connectivity index (χ3n) is 6.30. The number of ketones is 1. The topological polar surface area (TPSA) is 72.5 Å². The zero-order valence-electron chi connectivity index (χ0n) is 17.0. The van der Waals surface area contributed by atoms with Crippen LogP contribution in [0.2, 0.25) is 0 Å². The van der Waals surface area contributed by atoms with Crippen LogP contribution in [0.15, 0.2) is 60.7 Å². The van der Waals surface area contributed by atoms with Gasteiger partial charge in [0.15, 0.2) is 6.61 Å². The van der Waals surface area contributed by atoms with Gasteiger partial charge in [0.05, 0.1) is 12.0 Å². The Labute approximate surface area is 176 Å². The van der Waals surface area contributed by atoms with Crippen molar-refractivity contribution in [2.75, 3.05) is 6.61 Å². The Morgan fingerprint density at radius 2 is 1.43 bits per heavy atom. The lowest BCUT2D eigenvalue weighted by atomic mass is 9.67. The summed E-state index contributed by atoms with van der Waals surface area (Å²) in [5.41, 5.74) is 1.92. The lowest BCUT2D eigenvalue weighted by molar-refractivity contribution is -0.156. The number of benzene rings is 2. The first kappa shape index (κ1) is 20.3. The van der Waals surface area contributed by atoms with Crippen LogP contribution in [0.1, 0.15) is 49.3 Å². The third kappa shape index (κ3) is 4.61. The standard InChI is InChI=1S/C25H27NO4/c27-22(16-30-25(29)21-14-19-12-7-13-20(15-21)24(19)28)26-23(17-8-3-1-4-9-17)18-10-5-2-6-11-18/h1-6,8-11,19-21,23H,7,12-16H2,(H,26,27)/t19-,20+,21?. The van der Waals surface area contributed by atoms with Gasteiger partial charge >= 0.3 is 5.97 Å². The highest BCUT2D eigenvalue weighted by molar-refractivity contribution is 5.88. The van der Waals surface area contributed by atoms with Gasteiger partial charge in [-0.2, -0.15) is 0 Å². The second-order valence-electron chi connectivity index (χ2n) is 8.33. The number of carbonyl (C=O) groups excluding carboxylic acids is 3. The molecule has 2 aromatic rings. The second-order valence-corrected chi connectivity index (χ2v) is 8.33. The fraction of sp³-hybridized carbons (Fsp3) is 0.400. The summed E-state index contributed by atoms with van der Waals surface area (Å²) in [6, 6.07) is 19.1. The molecule has 0 saturated heterocycles. The average molecular weight is 405 g/mol. The van der Waals surface area contributed by atoms with Crippen LogP contribution in [0.4, 0.5) is 0 Å². The third-order valence-corrected chi connectivity index (χ3v) is 6.30. The highest BCUT2D eigenvalue weighted by Crippen LogP contribution is 2.40. The summed E-state index contributed by atoms with van der Waals surface area (Å²) >= 11 is 0. The molecule has 2 aliphatic rings. The van der Waals surface area contributed by atoms with Crippen LogP contribution in [-0.2, 0) is 19.1 Å². The van der Waals surface area contributed by atoms with E-state index in [1.165, 1.54) is 0 Å². The van der Waals surface area contributed by atoms with Crippen LogP contribution >= 0.6 is 0 Å². The minimum Gasteiger partial charge on any atom is -0.455 e. The molecule has 1 amide bonds. The number of rotatable bonds is 6. The number of fused-ring (bicyclic) bond motifs is 2. The van der Waals surface area contributed by atoms with E-state index in [4.69, 9.17) is 4.74 Å². The molecular formula is C25H27NO4. The van der Waals surface area contributed by atoms with Crippen LogP contribution in [0.3, 0.4) is 0 Å². The highest BCUT2D eigenvalue weighted by atomic mass is 16.5. The van der Waals surface area contributed by atoms with Crippen molar-refractivity contribution >= 4 is 17.7 Å². The first-order valence-electron chi connectivity index (χ1n) is 10.7. The predicted octanol–water partition coefficient (Wildman–Crippen LogP) is 3.83. The molecule has 30 heavy (non-hydrogen) atoms. The van der Waals surface area contributed by atoms with Crippen molar-refractivity contribution in [1.29, 1.82) is 0 Å². The van der Waals surface area contributed by atoms with E-state index >= 15 is 0 Å². The first-order valence-corrected chi connectivity index (χ1v) is 10.7. The summed E-state index contributed by atoms with van der Waals surface area (Å²) in [6.45, 7) is -0.311. The molecule has 156 valence electrons. The number of esters is 1. The lowest BCUT2D eigenvalue weighted by Crippen LogP contribution is -2.40. The van der Waals surface area contributed by atoms with Crippen molar-refractivity contribution in [3.05, 3.63) is 71.8 Å². The van der Waals surface area contributed by atoms with E-state index in [1.54, 1.807) is 0 Å². The van der Waals surface area contributed by atoms with Gasteiger partial charge < -0.3 is 10.1 Å². The first-order chi connectivity index (χ1) is 14.6. The minimum atomic E-state index is -0.356. The molecule has 0 spiro atoms. The maximum atomic E-state index is 12.6. The Morgan fingerprint density at radius 3 is 1.97 bits per heavy atom. The number of hydrogen-bond donors (Lipinski definition) is 1. The van der Waals surface area contributed by atoms with Crippen LogP contribution in [0.5, 0.6) is 0 Å². The summed E-state index contributed by atoms with van der Waals surface area (Å²) in [6.07, 6.45) is 3.93. The van der Waals surface area contributed by atoms with E-state index in [1.807, 2.05) is 60.7 Å². The van der Waals surface area contributed by atoms with E-state index in [9.17, 15) is 14.4 Å². The Hall–Kier alpha value is -2.95. The predicted molar refractivity (Wildman–Crippen MR) is 112 cm³/mol. The molecule has 2 bridgehead atoms. The van der Waals surface area contributed by atoms with E-state index in [0.29, 0.717) is 18.6 Å². The van der Waals surface area contributed by atoms with Gasteiger partial charge in [-0.05, 0) is 36.8 Å². The van der Waals surface area contributed by atoms with Crippen molar-refractivity contribution in [1.82, 2.24) is 5.32 Å². The maximum absolute atomic E-state index is 12.6. The Balaban J connectivity index is 1.36. The van der Waals surface area contributed by atoms with Gasteiger partial charge in [-0.1, -0.05) is 67.1 Å². The zero-order valence-corrected chi connectivity index (χ0v) is 17.0. The molecule has 0 aliphatic heterocycles. The summed E-state index contributed by atoms with van der Waals surface area (Å²) in [4.78, 5) is 37.4. The van der Waals surface area contributed by atoms with Gasteiger partial charge in [-0.3, -0.25) is 14.4 Å². The number of ether oxygens (including phenoxy) is 1. The van der Waals surface area contributed by atoms with Crippen molar-refractivity contribution in [3.8, 4) is 0 Å². The smallest absolute Gasteiger partial charge is 0.309 e. The van der Waals surface area contributed by atoms with Crippen molar-refractivity contribution in [3.63, 3.8) is 0 Å². The van der Waals surface area contributed by atoms with E-state index in [-0.39, 0.29) is 42.3 Å². The van der Waals surface area contributed by atoms with Crippen LogP contribution < -0.4 is 5.32 Å². The van der Waals surface area contributed by atoms with Crippen LogP contribution in [0.25, 0.3) is 0 Å². The Morgan fingerprint density at radius 1 is 0.900 bits per heavy atom. The highest BCUT2D eigenvalue weighted by Gasteiger charge is 2.41. The quantitative estimate of drug-likeness (QED) is 0.742. The molecule has 0 aromatic heterocycles. The van der Waals surface area contributed by atoms with Crippen molar-refractivity contribution < 1.29 is 19.1 Å². The van der Waals surface area contributed by atoms with Gasteiger partial charge in [-0.15, -0.1) is 0 Å². The molecule has 0 heterocycles. The minimum absolute atomic E-state index is 0.00980.